The van der Waals surface area contributed by atoms with Crippen LogP contribution < -0.4 is 0 Å². The molecule has 0 aromatic carbocycles. The van der Waals surface area contributed by atoms with Crippen molar-refractivity contribution in [3.05, 3.63) is 29.6 Å². The quantitative estimate of drug-likeness (QED) is 0.721. The van der Waals surface area contributed by atoms with Gasteiger partial charge in [-0.1, -0.05) is 6.07 Å². The molecule has 1 saturated carbocycles. The first kappa shape index (κ1) is 7.74. The summed E-state index contributed by atoms with van der Waals surface area (Å²) >= 11 is 0. The Morgan fingerprint density at radius 3 is 2.83 bits per heavy atom. The lowest BCUT2D eigenvalue weighted by Gasteiger charge is -2.08. The van der Waals surface area contributed by atoms with Gasteiger partial charge in [0.05, 0.1) is 6.10 Å². The maximum absolute atomic E-state index is 9.74. The summed E-state index contributed by atoms with van der Waals surface area (Å²) in [7, 11) is 0. The van der Waals surface area contributed by atoms with E-state index in [1.807, 2.05) is 19.2 Å². The molecule has 2 rings (SSSR count). The second kappa shape index (κ2) is 2.87. The molecule has 0 amide bonds. The van der Waals surface area contributed by atoms with Crippen molar-refractivity contribution >= 4 is 0 Å². The summed E-state index contributed by atoms with van der Waals surface area (Å²) in [6.07, 6.45) is 5.61. The number of aromatic nitrogens is 1. The Bertz CT molecular complexity index is 281. The summed E-state index contributed by atoms with van der Waals surface area (Å²) in [5.41, 5.74) is 2.09. The third-order valence-electron chi connectivity index (χ3n) is 2.31. The molecule has 0 radical (unpaired) electrons. The summed E-state index contributed by atoms with van der Waals surface area (Å²) < 4.78 is 0. The van der Waals surface area contributed by atoms with Crippen molar-refractivity contribution in [3.8, 4) is 0 Å². The van der Waals surface area contributed by atoms with Crippen LogP contribution in [0.3, 0.4) is 0 Å². The minimum absolute atomic E-state index is 0.280. The van der Waals surface area contributed by atoms with Gasteiger partial charge in [0.2, 0.25) is 0 Å². The topological polar surface area (TPSA) is 33.1 Å². The molecular weight excluding hydrogens is 150 g/mol. The van der Waals surface area contributed by atoms with Gasteiger partial charge in [0.1, 0.15) is 0 Å². The molecule has 1 aromatic rings. The Labute approximate surface area is 72.3 Å². The number of nitrogens with zero attached hydrogens (tertiary/aromatic N) is 1. The third-order valence-corrected chi connectivity index (χ3v) is 2.31. The molecule has 1 aliphatic rings. The van der Waals surface area contributed by atoms with Crippen molar-refractivity contribution in [3.63, 3.8) is 0 Å². The van der Waals surface area contributed by atoms with Gasteiger partial charge in [0.15, 0.2) is 0 Å². The van der Waals surface area contributed by atoms with Crippen molar-refractivity contribution < 1.29 is 5.11 Å². The fraction of sp³-hybridized carbons (Fsp3) is 0.500. The van der Waals surface area contributed by atoms with E-state index in [-0.39, 0.29) is 6.10 Å². The molecule has 1 aromatic heterocycles. The average Bonchev–Trinajstić information content (AvgIpc) is 2.85. The van der Waals surface area contributed by atoms with E-state index in [4.69, 9.17) is 0 Å². The largest absolute Gasteiger partial charge is 0.388 e. The van der Waals surface area contributed by atoms with E-state index in [0.29, 0.717) is 5.92 Å². The van der Waals surface area contributed by atoms with Crippen molar-refractivity contribution in [2.24, 2.45) is 5.92 Å². The highest BCUT2D eigenvalue weighted by Gasteiger charge is 2.30. The van der Waals surface area contributed by atoms with E-state index in [1.54, 1.807) is 6.20 Å². The van der Waals surface area contributed by atoms with Gasteiger partial charge in [-0.15, -0.1) is 0 Å². The molecule has 1 heterocycles. The van der Waals surface area contributed by atoms with Crippen molar-refractivity contribution in [1.29, 1.82) is 0 Å². The maximum Gasteiger partial charge on any atom is 0.0833 e. The molecular formula is C10H13NO. The lowest BCUT2D eigenvalue weighted by molar-refractivity contribution is 0.153. The Kier molecular flexibility index (Phi) is 1.85. The van der Waals surface area contributed by atoms with E-state index in [9.17, 15) is 5.11 Å². The molecule has 0 spiro atoms. The monoisotopic (exact) mass is 163 g/mol. The average molecular weight is 163 g/mol. The fourth-order valence-electron chi connectivity index (χ4n) is 1.42. The second-order valence-electron chi connectivity index (χ2n) is 3.58. The zero-order valence-electron chi connectivity index (χ0n) is 7.20. The van der Waals surface area contributed by atoms with Gasteiger partial charge in [-0.2, -0.15) is 0 Å². The van der Waals surface area contributed by atoms with Crippen molar-refractivity contribution in [2.45, 2.75) is 25.9 Å². The molecule has 1 unspecified atom stereocenters. The van der Waals surface area contributed by atoms with Crippen LogP contribution in [0.2, 0.25) is 0 Å². The standard InChI is InChI=1S/C10H13NO/c1-7-4-9(6-11-5-7)10(12)8-2-3-8/h4-6,8,10,12H,2-3H2,1H3. The molecule has 64 valence electrons. The van der Waals surface area contributed by atoms with Crippen LogP contribution >= 0.6 is 0 Å². The molecule has 1 N–H and O–H groups in total. The minimum Gasteiger partial charge on any atom is -0.388 e. The summed E-state index contributed by atoms with van der Waals surface area (Å²) in [6.45, 7) is 2.00. The molecule has 1 aliphatic carbocycles. The van der Waals surface area contributed by atoms with Crippen molar-refractivity contribution in [1.82, 2.24) is 4.98 Å². The van der Waals surface area contributed by atoms with Gasteiger partial charge in [-0.3, -0.25) is 4.98 Å². The van der Waals surface area contributed by atoms with E-state index in [2.05, 4.69) is 4.98 Å². The number of aryl methyl sites for hydroxylation is 1. The Hall–Kier alpha value is -0.890. The third kappa shape index (κ3) is 1.48. The number of aliphatic hydroxyl groups is 1. The Balaban J connectivity index is 2.20. The van der Waals surface area contributed by atoms with Gasteiger partial charge in [-0.05, 0) is 36.8 Å². The molecule has 0 aliphatic heterocycles. The van der Waals surface area contributed by atoms with Gasteiger partial charge in [0.25, 0.3) is 0 Å². The molecule has 0 saturated heterocycles. The van der Waals surface area contributed by atoms with Crippen LogP contribution in [0.4, 0.5) is 0 Å². The van der Waals surface area contributed by atoms with E-state index < -0.39 is 0 Å². The van der Waals surface area contributed by atoms with Gasteiger partial charge < -0.3 is 5.11 Å². The molecule has 2 nitrogen and oxygen atoms in total. The molecule has 1 atom stereocenters. The first-order valence-corrected chi connectivity index (χ1v) is 4.37. The van der Waals surface area contributed by atoms with E-state index in [1.165, 1.54) is 0 Å². The van der Waals surface area contributed by atoms with Crippen LogP contribution in [0.25, 0.3) is 0 Å². The highest BCUT2D eigenvalue weighted by atomic mass is 16.3. The number of pyridine rings is 1. The van der Waals surface area contributed by atoms with Crippen LogP contribution in [0.15, 0.2) is 18.5 Å². The lowest BCUT2D eigenvalue weighted by atomic mass is 10.1. The Morgan fingerprint density at radius 2 is 2.25 bits per heavy atom. The molecule has 12 heavy (non-hydrogen) atoms. The normalized spacial score (nSPS) is 19.2. The SMILES string of the molecule is Cc1cncc(C(O)C2CC2)c1. The predicted molar refractivity (Wildman–Crippen MR) is 46.7 cm³/mol. The molecule has 0 bridgehead atoms. The smallest absolute Gasteiger partial charge is 0.0833 e. The highest BCUT2D eigenvalue weighted by molar-refractivity contribution is 5.20. The highest BCUT2D eigenvalue weighted by Crippen LogP contribution is 2.40. The maximum atomic E-state index is 9.74. The summed E-state index contributed by atoms with van der Waals surface area (Å²) in [4.78, 5) is 4.06. The minimum atomic E-state index is -0.280. The summed E-state index contributed by atoms with van der Waals surface area (Å²) in [6, 6.07) is 2.01. The van der Waals surface area contributed by atoms with Crippen LogP contribution in [0.1, 0.15) is 30.1 Å². The van der Waals surface area contributed by atoms with Crippen molar-refractivity contribution in [2.75, 3.05) is 0 Å². The zero-order chi connectivity index (χ0) is 8.55. The van der Waals surface area contributed by atoms with Gasteiger partial charge >= 0.3 is 0 Å². The Morgan fingerprint density at radius 1 is 1.50 bits per heavy atom. The van der Waals surface area contributed by atoms with E-state index >= 15 is 0 Å². The lowest BCUT2D eigenvalue weighted by Crippen LogP contribution is -2.00. The summed E-state index contributed by atoms with van der Waals surface area (Å²) in [5, 5.41) is 9.74. The predicted octanol–water partition coefficient (Wildman–Crippen LogP) is 1.83. The summed E-state index contributed by atoms with van der Waals surface area (Å²) in [5.74, 6) is 0.494. The van der Waals surface area contributed by atoms with Crippen LogP contribution in [0.5, 0.6) is 0 Å². The van der Waals surface area contributed by atoms with Gasteiger partial charge in [-0.25, -0.2) is 0 Å². The first-order chi connectivity index (χ1) is 5.77. The van der Waals surface area contributed by atoms with Gasteiger partial charge in [0, 0.05) is 12.4 Å². The zero-order valence-corrected chi connectivity index (χ0v) is 7.20. The number of aliphatic hydroxyl groups excluding tert-OH is 1. The van der Waals surface area contributed by atoms with Crippen LogP contribution in [-0.4, -0.2) is 10.1 Å². The molecule has 1 fully saturated rings. The number of rotatable bonds is 2. The van der Waals surface area contributed by atoms with E-state index in [0.717, 1.165) is 24.0 Å². The van der Waals surface area contributed by atoms with Crippen LogP contribution in [-0.2, 0) is 0 Å². The fourth-order valence-corrected chi connectivity index (χ4v) is 1.42. The number of hydrogen-bond donors (Lipinski definition) is 1. The molecule has 2 heteroatoms. The first-order valence-electron chi connectivity index (χ1n) is 4.37. The van der Waals surface area contributed by atoms with Crippen LogP contribution in [0, 0.1) is 12.8 Å². The number of hydrogen-bond acceptors (Lipinski definition) is 2. The second-order valence-corrected chi connectivity index (χ2v) is 3.58.